The van der Waals surface area contributed by atoms with E-state index in [-0.39, 0.29) is 22.8 Å². The molecule has 4 N–H and O–H groups in total. The molecule has 4 aromatic rings. The number of phenolic OH excluding ortho intramolecular Hbond substituents is 2. The highest BCUT2D eigenvalue weighted by Gasteiger charge is 2.53. The number of rotatable bonds is 19. The van der Waals surface area contributed by atoms with Crippen LogP contribution < -0.4 is 4.74 Å². The number of nitrogens with zero attached hydrogens (tertiary/aromatic N) is 2. The largest absolute Gasteiger partial charge is 0.508 e. The number of esters is 2. The average molecular weight is 847 g/mol. The summed E-state index contributed by atoms with van der Waals surface area (Å²) in [7, 11) is 0. The maximum atomic E-state index is 12.8. The van der Waals surface area contributed by atoms with Crippen LogP contribution in [0.4, 0.5) is 5.69 Å². The van der Waals surface area contributed by atoms with Gasteiger partial charge in [0.2, 0.25) is 0 Å². The lowest BCUT2D eigenvalue weighted by Gasteiger charge is -2.36. The standard InChI is InChI=1S/C28H43NO4.C21H11NO5S/c1-2-3-4-5-6-7-8-9-10-11-12-13-17-20-24(29-21-23-18-15-14-16-19-23)26-27(31)25(22-30)33-28(26)32;23-12-2-5-16-18(8-12)26-19-9-13(24)3-6-17(19)21(16)15-4-1-11(22-10-28)7-14(15)20(25)27-21/h14-16,18-19,25,30-31H,2-13,17,20-22H2,1H3;1-9,23-24H. The maximum Gasteiger partial charge on any atom is 0.344 e. The lowest BCUT2D eigenvalue weighted by atomic mass is 9.77. The molecule has 3 aliphatic heterocycles. The van der Waals surface area contributed by atoms with Crippen LogP contribution in [0.3, 0.4) is 0 Å². The maximum absolute atomic E-state index is 12.8. The van der Waals surface area contributed by atoms with Gasteiger partial charge >= 0.3 is 11.9 Å². The number of phenols is 2. The number of hydrogen-bond acceptors (Lipinski definition) is 12. The van der Waals surface area contributed by atoms with Gasteiger partial charge in [0.15, 0.2) is 17.5 Å². The number of cyclic esters (lactones) is 1. The molecule has 1 unspecified atom stereocenters. The van der Waals surface area contributed by atoms with Crippen LogP contribution in [0, 0.1) is 0 Å². The van der Waals surface area contributed by atoms with Crippen LogP contribution in [-0.2, 0) is 26.4 Å². The molecule has 0 saturated heterocycles. The third kappa shape index (κ3) is 10.7. The first-order chi connectivity index (χ1) is 29.7. The Balaban J connectivity index is 0.000000206. The SMILES string of the molecule is CCCCCCCCCCCCCCCC(=NCc1ccccc1)C1=C(O)C(CO)OC1=O.O=C1OC2(c3ccc(O)cc3Oc3cc(O)ccc32)c2ccc(N=C=S)cc21. The van der Waals surface area contributed by atoms with E-state index in [1.807, 2.05) is 30.3 Å². The molecule has 1 spiro atoms. The Labute approximate surface area is 362 Å². The summed E-state index contributed by atoms with van der Waals surface area (Å²) in [5.41, 5.74) is 3.11. The van der Waals surface area contributed by atoms with Gasteiger partial charge in [-0.1, -0.05) is 120 Å². The van der Waals surface area contributed by atoms with E-state index >= 15 is 0 Å². The zero-order valence-electron chi connectivity index (χ0n) is 34.6. The minimum Gasteiger partial charge on any atom is -0.508 e. The molecule has 4 aromatic carbocycles. The van der Waals surface area contributed by atoms with Gasteiger partial charge < -0.3 is 34.6 Å². The van der Waals surface area contributed by atoms with E-state index in [2.05, 4.69) is 34.3 Å². The van der Waals surface area contributed by atoms with Gasteiger partial charge in [-0.15, -0.1) is 0 Å². The zero-order chi connectivity index (χ0) is 43.2. The van der Waals surface area contributed by atoms with E-state index in [4.69, 9.17) is 14.2 Å². The van der Waals surface area contributed by atoms with Crippen LogP contribution in [0.5, 0.6) is 23.0 Å². The second-order valence-corrected chi connectivity index (χ2v) is 15.7. The van der Waals surface area contributed by atoms with Crippen LogP contribution in [0.25, 0.3) is 0 Å². The van der Waals surface area contributed by atoms with Gasteiger partial charge in [-0.05, 0) is 67.0 Å². The van der Waals surface area contributed by atoms with Crippen LogP contribution in [0.1, 0.15) is 129 Å². The molecule has 0 amide bonds. The molecule has 12 heteroatoms. The van der Waals surface area contributed by atoms with Crippen molar-refractivity contribution in [2.24, 2.45) is 9.98 Å². The first-order valence-electron chi connectivity index (χ1n) is 21.3. The minimum atomic E-state index is -1.27. The van der Waals surface area contributed by atoms with Gasteiger partial charge in [0, 0.05) is 28.8 Å². The van der Waals surface area contributed by atoms with E-state index in [1.165, 1.54) is 94.9 Å². The Morgan fingerprint density at radius 1 is 0.721 bits per heavy atom. The summed E-state index contributed by atoms with van der Waals surface area (Å²) in [6.45, 7) is 2.28. The molecule has 11 nitrogen and oxygen atoms in total. The number of carbonyl (C=O) groups excluding carboxylic acids is 2. The lowest BCUT2D eigenvalue weighted by Crippen LogP contribution is -2.32. The quantitative estimate of drug-likeness (QED) is 0.0308. The third-order valence-electron chi connectivity index (χ3n) is 11.2. The number of fused-ring (bicyclic) bond motifs is 6. The number of aliphatic hydroxyl groups excluding tert-OH is 2. The molecular formula is C49H54N2O9S. The molecular weight excluding hydrogens is 793 g/mol. The minimum absolute atomic E-state index is 0.00715. The molecule has 1 atom stereocenters. The fourth-order valence-corrected chi connectivity index (χ4v) is 8.18. The first-order valence-corrected chi connectivity index (χ1v) is 21.7. The molecule has 0 aromatic heterocycles. The van der Waals surface area contributed by atoms with Gasteiger partial charge in [-0.2, -0.15) is 4.99 Å². The summed E-state index contributed by atoms with van der Waals surface area (Å²) in [5.74, 6) is -0.617. The van der Waals surface area contributed by atoms with Crippen molar-refractivity contribution in [3.8, 4) is 23.0 Å². The summed E-state index contributed by atoms with van der Waals surface area (Å²) < 4.78 is 16.9. The Morgan fingerprint density at radius 3 is 1.85 bits per heavy atom. The summed E-state index contributed by atoms with van der Waals surface area (Å²) >= 11 is 4.64. The third-order valence-corrected chi connectivity index (χ3v) is 11.3. The molecule has 0 bridgehead atoms. The Kier molecular flexibility index (Phi) is 15.9. The number of benzene rings is 4. The first kappa shape index (κ1) is 44.7. The van der Waals surface area contributed by atoms with E-state index in [0.717, 1.165) is 18.4 Å². The predicted octanol–water partition coefficient (Wildman–Crippen LogP) is 11.2. The number of aliphatic imine (C=N–C) groups is 2. The highest BCUT2D eigenvalue weighted by atomic mass is 32.1. The molecule has 3 heterocycles. The number of aromatic hydroxyl groups is 2. The van der Waals surface area contributed by atoms with Crippen molar-refractivity contribution in [1.29, 1.82) is 0 Å². The normalized spacial score (nSPS) is 15.8. The number of aliphatic hydroxyl groups is 2. The van der Waals surface area contributed by atoms with E-state index in [9.17, 15) is 30.0 Å². The van der Waals surface area contributed by atoms with Gasteiger partial charge in [0.1, 0.15) is 28.6 Å². The lowest BCUT2D eigenvalue weighted by molar-refractivity contribution is -0.141. The smallest absolute Gasteiger partial charge is 0.344 e. The van der Waals surface area contributed by atoms with Gasteiger partial charge in [0.05, 0.1) is 35.3 Å². The van der Waals surface area contributed by atoms with Crippen LogP contribution in [0.2, 0.25) is 0 Å². The van der Waals surface area contributed by atoms with Crippen LogP contribution >= 0.6 is 12.2 Å². The van der Waals surface area contributed by atoms with Gasteiger partial charge in [-0.3, -0.25) is 4.99 Å². The topological polar surface area (TPSA) is 167 Å². The van der Waals surface area contributed by atoms with Crippen molar-refractivity contribution < 1.29 is 44.2 Å². The van der Waals surface area contributed by atoms with E-state index < -0.39 is 30.3 Å². The number of isothiocyanates is 1. The van der Waals surface area contributed by atoms with Crippen molar-refractivity contribution >= 4 is 40.7 Å². The number of thiocarbonyl (C=S) groups is 1. The van der Waals surface area contributed by atoms with Crippen molar-refractivity contribution in [3.63, 3.8) is 0 Å². The van der Waals surface area contributed by atoms with Crippen molar-refractivity contribution in [1.82, 2.24) is 0 Å². The van der Waals surface area contributed by atoms with Crippen molar-refractivity contribution in [3.05, 3.63) is 124 Å². The van der Waals surface area contributed by atoms with E-state index in [0.29, 0.717) is 58.1 Å². The fourth-order valence-electron chi connectivity index (χ4n) is 8.08. The average Bonchev–Trinajstić information content (AvgIpc) is 3.71. The van der Waals surface area contributed by atoms with Crippen LogP contribution in [-0.4, -0.2) is 55.9 Å². The zero-order valence-corrected chi connectivity index (χ0v) is 35.4. The molecule has 0 aliphatic carbocycles. The molecule has 3 aliphatic rings. The Bertz CT molecular complexity index is 2230. The summed E-state index contributed by atoms with van der Waals surface area (Å²) in [5, 5.41) is 41.8. The summed E-state index contributed by atoms with van der Waals surface area (Å²) in [6, 6.07) is 24.1. The molecule has 61 heavy (non-hydrogen) atoms. The summed E-state index contributed by atoms with van der Waals surface area (Å²) in [6.07, 6.45) is 16.3. The fraction of sp³-hybridized carbons (Fsp3) is 0.388. The van der Waals surface area contributed by atoms with E-state index in [1.54, 1.807) is 30.3 Å². The van der Waals surface area contributed by atoms with Crippen LogP contribution in [0.15, 0.2) is 106 Å². The number of carbonyl (C=O) groups is 2. The van der Waals surface area contributed by atoms with Gasteiger partial charge in [0.25, 0.3) is 0 Å². The molecule has 320 valence electrons. The number of ether oxygens (including phenoxy) is 3. The van der Waals surface area contributed by atoms with Crippen molar-refractivity contribution in [2.75, 3.05) is 6.61 Å². The Hall–Kier alpha value is -5.81. The molecule has 0 saturated carbocycles. The highest BCUT2D eigenvalue weighted by molar-refractivity contribution is 7.78. The molecule has 0 fully saturated rings. The highest BCUT2D eigenvalue weighted by Crippen LogP contribution is 2.57. The molecule has 0 radical (unpaired) electrons. The second kappa shape index (κ2) is 21.6. The number of hydrogen-bond donors (Lipinski definition) is 4. The Morgan fingerprint density at radius 2 is 1.30 bits per heavy atom. The summed E-state index contributed by atoms with van der Waals surface area (Å²) in [4.78, 5) is 33.7. The number of unbranched alkanes of at least 4 members (excludes halogenated alkanes) is 12. The molecule has 7 rings (SSSR count). The monoisotopic (exact) mass is 846 g/mol. The second-order valence-electron chi connectivity index (χ2n) is 15.5. The van der Waals surface area contributed by atoms with Gasteiger partial charge in [-0.25, -0.2) is 9.59 Å². The predicted molar refractivity (Wildman–Crippen MR) is 237 cm³/mol. The van der Waals surface area contributed by atoms with Crippen molar-refractivity contribution in [2.45, 2.75) is 115 Å².